The molecule has 25 heavy (non-hydrogen) atoms. The summed E-state index contributed by atoms with van der Waals surface area (Å²) in [6.07, 6.45) is 3.07. The lowest BCUT2D eigenvalue weighted by Gasteiger charge is -2.23. The molecule has 2 fully saturated rings. The van der Waals surface area contributed by atoms with Crippen molar-refractivity contribution >= 4 is 11.8 Å². The second kappa shape index (κ2) is 7.97. The van der Waals surface area contributed by atoms with Crippen LogP contribution in [0.1, 0.15) is 31.7 Å². The van der Waals surface area contributed by atoms with Gasteiger partial charge in [0.15, 0.2) is 5.79 Å². The molecule has 1 aromatic carbocycles. The summed E-state index contributed by atoms with van der Waals surface area (Å²) in [5.41, 5.74) is 1.16. The van der Waals surface area contributed by atoms with Crippen molar-refractivity contribution in [1.29, 1.82) is 0 Å². The zero-order chi connectivity index (χ0) is 17.7. The summed E-state index contributed by atoms with van der Waals surface area (Å²) in [6, 6.07) is 10.0. The molecule has 0 bridgehead atoms. The van der Waals surface area contributed by atoms with Crippen LogP contribution < -0.4 is 5.32 Å². The number of nitrogens with one attached hydrogen (secondary N) is 1. The molecule has 136 valence electrons. The number of amides is 2. The number of carbonyl (C=O) groups excluding carboxylic acids is 2. The number of hydrogen-bond donors (Lipinski definition) is 1. The van der Waals surface area contributed by atoms with E-state index in [1.165, 1.54) is 6.92 Å². The summed E-state index contributed by atoms with van der Waals surface area (Å²) in [7, 11) is 0. The van der Waals surface area contributed by atoms with Gasteiger partial charge in [0.25, 0.3) is 0 Å². The van der Waals surface area contributed by atoms with Crippen LogP contribution in [0.2, 0.25) is 0 Å². The number of carbonyl (C=O) groups is 2. The summed E-state index contributed by atoms with van der Waals surface area (Å²) >= 11 is 0. The maximum Gasteiger partial charge on any atom is 0.239 e. The molecular formula is C19H26N2O4. The van der Waals surface area contributed by atoms with Crippen LogP contribution in [0.5, 0.6) is 0 Å². The first-order valence-electron chi connectivity index (χ1n) is 8.93. The van der Waals surface area contributed by atoms with Crippen molar-refractivity contribution < 1.29 is 19.1 Å². The first-order chi connectivity index (χ1) is 12.1. The quantitative estimate of drug-likeness (QED) is 0.847. The van der Waals surface area contributed by atoms with Gasteiger partial charge in [-0.25, -0.2) is 0 Å². The second-order valence-corrected chi connectivity index (χ2v) is 6.79. The van der Waals surface area contributed by atoms with Gasteiger partial charge >= 0.3 is 0 Å². The number of benzene rings is 1. The van der Waals surface area contributed by atoms with Gasteiger partial charge < -0.3 is 19.7 Å². The molecule has 6 nitrogen and oxygen atoms in total. The topological polar surface area (TPSA) is 67.9 Å². The van der Waals surface area contributed by atoms with Crippen LogP contribution in [-0.4, -0.2) is 54.8 Å². The summed E-state index contributed by atoms with van der Waals surface area (Å²) in [6.45, 7) is 3.38. The van der Waals surface area contributed by atoms with Gasteiger partial charge in [0.2, 0.25) is 11.8 Å². The molecule has 1 aromatic rings. The van der Waals surface area contributed by atoms with Gasteiger partial charge in [0, 0.05) is 32.4 Å². The average molecular weight is 346 g/mol. The van der Waals surface area contributed by atoms with E-state index in [0.29, 0.717) is 26.2 Å². The van der Waals surface area contributed by atoms with Crippen molar-refractivity contribution in [2.45, 2.75) is 44.4 Å². The maximum atomic E-state index is 12.3. The highest BCUT2D eigenvalue weighted by molar-refractivity contribution is 5.84. The lowest BCUT2D eigenvalue weighted by molar-refractivity contribution is -0.151. The highest BCUT2D eigenvalue weighted by Crippen LogP contribution is 2.37. The van der Waals surface area contributed by atoms with Gasteiger partial charge in [-0.3, -0.25) is 9.59 Å². The number of nitrogens with zero attached hydrogens (tertiary/aromatic N) is 1. The molecule has 1 N–H and O–H groups in total. The molecule has 2 aliphatic rings. The molecule has 0 radical (unpaired) electrons. The zero-order valence-corrected chi connectivity index (χ0v) is 14.7. The third-order valence-electron chi connectivity index (χ3n) is 4.90. The van der Waals surface area contributed by atoms with Crippen molar-refractivity contribution in [3.63, 3.8) is 0 Å². The van der Waals surface area contributed by atoms with Crippen LogP contribution in [0.15, 0.2) is 30.3 Å². The van der Waals surface area contributed by atoms with E-state index in [1.54, 1.807) is 4.90 Å². The molecule has 1 aliphatic heterocycles. The summed E-state index contributed by atoms with van der Waals surface area (Å²) in [5, 5.41) is 3.02. The minimum atomic E-state index is -0.495. The van der Waals surface area contributed by atoms with E-state index in [4.69, 9.17) is 9.47 Å². The molecule has 6 heteroatoms. The average Bonchev–Trinajstić information content (AvgIpc) is 3.22. The van der Waals surface area contributed by atoms with Crippen LogP contribution >= 0.6 is 0 Å². The fraction of sp³-hybridized carbons (Fsp3) is 0.579. The van der Waals surface area contributed by atoms with Gasteiger partial charge in [-0.15, -0.1) is 0 Å². The molecule has 0 aromatic heterocycles. The van der Waals surface area contributed by atoms with Crippen molar-refractivity contribution in [3.8, 4) is 0 Å². The fourth-order valence-electron chi connectivity index (χ4n) is 3.56. The molecule has 1 spiro atoms. The van der Waals surface area contributed by atoms with Gasteiger partial charge in [-0.1, -0.05) is 30.3 Å². The molecule has 1 saturated heterocycles. The third kappa shape index (κ3) is 4.80. The Morgan fingerprint density at radius 1 is 1.24 bits per heavy atom. The maximum absolute atomic E-state index is 12.3. The molecule has 1 heterocycles. The summed E-state index contributed by atoms with van der Waals surface area (Å²) in [5.74, 6) is -0.703. The normalized spacial score (nSPS) is 21.4. The molecular weight excluding hydrogens is 320 g/mol. The Kier molecular flexibility index (Phi) is 5.71. The SMILES string of the molecule is CC(=O)N(CCc1ccccc1)CC(=O)N[C@H]1CCC2(C1)OCCO2. The van der Waals surface area contributed by atoms with Gasteiger partial charge in [-0.05, 0) is 18.4 Å². The third-order valence-corrected chi connectivity index (χ3v) is 4.90. The minimum Gasteiger partial charge on any atom is -0.352 e. The Balaban J connectivity index is 1.47. The van der Waals surface area contributed by atoms with E-state index in [0.717, 1.165) is 24.8 Å². The van der Waals surface area contributed by atoms with E-state index in [1.807, 2.05) is 30.3 Å². The monoisotopic (exact) mass is 346 g/mol. The molecule has 0 unspecified atom stereocenters. The lowest BCUT2D eigenvalue weighted by Crippen LogP contribution is -2.44. The van der Waals surface area contributed by atoms with E-state index >= 15 is 0 Å². The molecule has 1 atom stereocenters. The van der Waals surface area contributed by atoms with E-state index < -0.39 is 5.79 Å². The van der Waals surface area contributed by atoms with Gasteiger partial charge in [0.1, 0.15) is 0 Å². The van der Waals surface area contributed by atoms with Crippen molar-refractivity contribution in [2.24, 2.45) is 0 Å². The standard InChI is InChI=1S/C19H26N2O4/c1-15(22)21(10-8-16-5-3-2-4-6-16)14-18(23)20-17-7-9-19(13-17)24-11-12-25-19/h2-6,17H,7-14H2,1H3,(H,20,23)/t17-/m0/s1. The highest BCUT2D eigenvalue weighted by Gasteiger charge is 2.44. The fourth-order valence-corrected chi connectivity index (χ4v) is 3.56. The Bertz CT molecular complexity index is 599. The van der Waals surface area contributed by atoms with Crippen molar-refractivity contribution in [1.82, 2.24) is 10.2 Å². The predicted octanol–water partition coefficient (Wildman–Crippen LogP) is 1.49. The molecule has 3 rings (SSSR count). The van der Waals surface area contributed by atoms with Crippen LogP contribution in [0, 0.1) is 0 Å². The van der Waals surface area contributed by atoms with E-state index in [-0.39, 0.29) is 24.4 Å². The Morgan fingerprint density at radius 3 is 2.64 bits per heavy atom. The largest absolute Gasteiger partial charge is 0.352 e. The second-order valence-electron chi connectivity index (χ2n) is 6.79. The van der Waals surface area contributed by atoms with E-state index in [9.17, 15) is 9.59 Å². The predicted molar refractivity (Wildman–Crippen MR) is 92.8 cm³/mol. The molecule has 1 aliphatic carbocycles. The first kappa shape index (κ1) is 17.9. The zero-order valence-electron chi connectivity index (χ0n) is 14.7. The van der Waals surface area contributed by atoms with Crippen molar-refractivity contribution in [3.05, 3.63) is 35.9 Å². The lowest BCUT2D eigenvalue weighted by atomic mass is 10.1. The first-order valence-corrected chi connectivity index (χ1v) is 8.93. The molecule has 2 amide bonds. The Morgan fingerprint density at radius 2 is 1.96 bits per heavy atom. The Labute approximate surface area is 148 Å². The minimum absolute atomic E-state index is 0.0496. The van der Waals surface area contributed by atoms with Crippen LogP contribution in [0.25, 0.3) is 0 Å². The van der Waals surface area contributed by atoms with Crippen molar-refractivity contribution in [2.75, 3.05) is 26.3 Å². The van der Waals surface area contributed by atoms with Gasteiger partial charge in [-0.2, -0.15) is 0 Å². The van der Waals surface area contributed by atoms with Crippen LogP contribution in [0.4, 0.5) is 0 Å². The highest BCUT2D eigenvalue weighted by atomic mass is 16.7. The smallest absolute Gasteiger partial charge is 0.239 e. The summed E-state index contributed by atoms with van der Waals surface area (Å²) in [4.78, 5) is 25.8. The molecule has 1 saturated carbocycles. The van der Waals surface area contributed by atoms with E-state index in [2.05, 4.69) is 5.32 Å². The number of rotatable bonds is 6. The van der Waals surface area contributed by atoms with Crippen LogP contribution in [0.3, 0.4) is 0 Å². The van der Waals surface area contributed by atoms with Gasteiger partial charge in [0.05, 0.1) is 19.8 Å². The Hall–Kier alpha value is -1.92. The van der Waals surface area contributed by atoms with Crippen LogP contribution in [-0.2, 0) is 25.5 Å². The summed E-state index contributed by atoms with van der Waals surface area (Å²) < 4.78 is 11.4. The number of ether oxygens (including phenoxy) is 2. The number of hydrogen-bond acceptors (Lipinski definition) is 4.